The van der Waals surface area contributed by atoms with E-state index in [2.05, 4.69) is 27.4 Å². The van der Waals surface area contributed by atoms with Crippen molar-refractivity contribution < 1.29 is 9.90 Å². The molecular weight excluding hydrogens is 266 g/mol. The molecule has 0 bridgehead atoms. The van der Waals surface area contributed by atoms with Gasteiger partial charge >= 0.3 is 5.97 Å². The van der Waals surface area contributed by atoms with E-state index in [9.17, 15) is 4.79 Å². The summed E-state index contributed by atoms with van der Waals surface area (Å²) in [4.78, 5) is 15.4. The highest BCUT2D eigenvalue weighted by Crippen LogP contribution is 2.21. The topological polar surface area (TPSA) is 93.8 Å². The molecule has 0 radical (unpaired) electrons. The van der Waals surface area contributed by atoms with Crippen molar-refractivity contribution in [3.63, 3.8) is 0 Å². The number of carboxylic acids is 1. The highest BCUT2D eigenvalue weighted by Gasteiger charge is 2.08. The summed E-state index contributed by atoms with van der Waals surface area (Å²) in [6.07, 6.45) is 2.45. The van der Waals surface area contributed by atoms with Crippen LogP contribution in [0.1, 0.15) is 29.7 Å². The van der Waals surface area contributed by atoms with Gasteiger partial charge in [0.1, 0.15) is 5.69 Å². The lowest BCUT2D eigenvalue weighted by molar-refractivity contribution is 0.0690. The third-order valence-electron chi connectivity index (χ3n) is 2.36. The van der Waals surface area contributed by atoms with Crippen LogP contribution in [0, 0.1) is 0 Å². The average Bonchev–Trinajstić information content (AvgIpc) is 2.85. The van der Waals surface area contributed by atoms with Gasteiger partial charge in [0.25, 0.3) is 0 Å². The molecule has 0 aliphatic carbocycles. The summed E-state index contributed by atoms with van der Waals surface area (Å²) in [5.41, 5.74) is 0.0400. The third kappa shape index (κ3) is 3.50. The number of aromatic nitrogens is 5. The van der Waals surface area contributed by atoms with Gasteiger partial charge in [0.05, 0.1) is 5.75 Å². The number of nitrogens with zero attached hydrogens (tertiary/aromatic N) is 5. The summed E-state index contributed by atoms with van der Waals surface area (Å²) in [5.74, 6) is 0.342. The monoisotopic (exact) mass is 279 g/mol. The molecule has 0 atom stereocenters. The van der Waals surface area contributed by atoms with E-state index in [1.165, 1.54) is 18.0 Å². The Hall–Kier alpha value is -1.96. The van der Waals surface area contributed by atoms with Crippen molar-refractivity contribution in [1.82, 2.24) is 25.2 Å². The fraction of sp³-hybridized carbons (Fsp3) is 0.364. The summed E-state index contributed by atoms with van der Waals surface area (Å²) in [7, 11) is 0. The lowest BCUT2D eigenvalue weighted by atomic mass is 10.3. The number of rotatable bonds is 6. The van der Waals surface area contributed by atoms with E-state index in [0.717, 1.165) is 23.7 Å². The normalized spacial score (nSPS) is 10.6. The molecule has 0 unspecified atom stereocenters. The summed E-state index contributed by atoms with van der Waals surface area (Å²) >= 11 is 1.48. The van der Waals surface area contributed by atoms with Crippen molar-refractivity contribution in [2.24, 2.45) is 0 Å². The fourth-order valence-corrected chi connectivity index (χ4v) is 2.33. The van der Waals surface area contributed by atoms with E-state index in [1.807, 2.05) is 0 Å². The standard InChI is InChI=1S/C11H13N5O2S/c1-2-5-16-10(13-14-15-16)7-19-8-3-4-12-9(6-8)11(17)18/h3-4,6H,2,5,7H2,1H3,(H,17,18). The number of aryl methyl sites for hydroxylation is 1. The first kappa shape index (κ1) is 13.5. The Bertz CT molecular complexity index is 572. The molecule has 0 saturated heterocycles. The van der Waals surface area contributed by atoms with Crippen LogP contribution in [0.25, 0.3) is 0 Å². The van der Waals surface area contributed by atoms with E-state index < -0.39 is 5.97 Å². The summed E-state index contributed by atoms with van der Waals surface area (Å²) < 4.78 is 1.76. The SMILES string of the molecule is CCCn1nnnc1CSc1ccnc(C(=O)O)c1. The number of carboxylic acid groups (broad SMARTS) is 1. The van der Waals surface area contributed by atoms with Gasteiger partial charge in [0, 0.05) is 17.6 Å². The molecule has 7 nitrogen and oxygen atoms in total. The summed E-state index contributed by atoms with van der Waals surface area (Å²) in [5, 5.41) is 20.4. The van der Waals surface area contributed by atoms with Gasteiger partial charge in [-0.25, -0.2) is 14.5 Å². The summed E-state index contributed by atoms with van der Waals surface area (Å²) in [6, 6.07) is 3.31. The van der Waals surface area contributed by atoms with Gasteiger partial charge in [-0.2, -0.15) is 0 Å². The molecule has 0 aromatic carbocycles. The third-order valence-corrected chi connectivity index (χ3v) is 3.35. The van der Waals surface area contributed by atoms with E-state index in [4.69, 9.17) is 5.11 Å². The average molecular weight is 279 g/mol. The van der Waals surface area contributed by atoms with Crippen LogP contribution in [0.5, 0.6) is 0 Å². The highest BCUT2D eigenvalue weighted by molar-refractivity contribution is 7.98. The van der Waals surface area contributed by atoms with Crippen LogP contribution in [0.15, 0.2) is 23.2 Å². The predicted octanol–water partition coefficient (Wildman–Crippen LogP) is 1.47. The number of hydrogen-bond donors (Lipinski definition) is 1. The Kier molecular flexibility index (Phi) is 4.45. The Morgan fingerprint density at radius 1 is 1.53 bits per heavy atom. The lowest BCUT2D eigenvalue weighted by Gasteiger charge is -2.03. The second-order valence-corrected chi connectivity index (χ2v) is 4.84. The first-order chi connectivity index (χ1) is 9.20. The molecular formula is C11H13N5O2S. The van der Waals surface area contributed by atoms with Gasteiger partial charge < -0.3 is 5.11 Å². The zero-order valence-corrected chi connectivity index (χ0v) is 11.2. The molecule has 0 aliphatic rings. The predicted molar refractivity (Wildman–Crippen MR) is 68.9 cm³/mol. The van der Waals surface area contributed by atoms with Crippen LogP contribution < -0.4 is 0 Å². The number of thioether (sulfide) groups is 1. The van der Waals surface area contributed by atoms with Crippen molar-refractivity contribution in [3.8, 4) is 0 Å². The van der Waals surface area contributed by atoms with Crippen molar-refractivity contribution >= 4 is 17.7 Å². The Morgan fingerprint density at radius 3 is 3.11 bits per heavy atom. The van der Waals surface area contributed by atoms with Crippen molar-refractivity contribution in [2.45, 2.75) is 30.5 Å². The number of tetrazole rings is 1. The van der Waals surface area contributed by atoms with Crippen molar-refractivity contribution in [3.05, 3.63) is 29.8 Å². The minimum Gasteiger partial charge on any atom is -0.477 e. The van der Waals surface area contributed by atoms with E-state index >= 15 is 0 Å². The molecule has 0 amide bonds. The zero-order chi connectivity index (χ0) is 13.7. The molecule has 8 heteroatoms. The first-order valence-corrected chi connectivity index (χ1v) is 6.76. The molecule has 2 rings (SSSR count). The molecule has 0 aliphatic heterocycles. The molecule has 0 saturated carbocycles. The van der Waals surface area contributed by atoms with E-state index in [1.54, 1.807) is 16.8 Å². The van der Waals surface area contributed by atoms with Crippen LogP contribution in [0.2, 0.25) is 0 Å². The molecule has 1 N–H and O–H groups in total. The van der Waals surface area contributed by atoms with Gasteiger partial charge in [-0.05, 0) is 29.0 Å². The Balaban J connectivity index is 2.04. The molecule has 2 heterocycles. The number of aromatic carboxylic acids is 1. The van der Waals surface area contributed by atoms with E-state index in [0.29, 0.717) is 5.75 Å². The van der Waals surface area contributed by atoms with Crippen LogP contribution >= 0.6 is 11.8 Å². The maximum absolute atomic E-state index is 10.8. The second-order valence-electron chi connectivity index (χ2n) is 3.79. The number of pyridine rings is 1. The Labute approximate surface area is 114 Å². The second kappa shape index (κ2) is 6.28. The maximum atomic E-state index is 10.8. The van der Waals surface area contributed by atoms with Crippen LogP contribution in [-0.4, -0.2) is 36.3 Å². The molecule has 0 fully saturated rings. The molecule has 0 spiro atoms. The highest BCUT2D eigenvalue weighted by atomic mass is 32.2. The van der Waals surface area contributed by atoms with Crippen LogP contribution in [0.3, 0.4) is 0 Å². The minimum atomic E-state index is -1.03. The van der Waals surface area contributed by atoms with Crippen LogP contribution in [0.4, 0.5) is 0 Å². The van der Waals surface area contributed by atoms with Gasteiger partial charge in [-0.3, -0.25) is 0 Å². The fourth-order valence-electron chi connectivity index (χ4n) is 1.48. The van der Waals surface area contributed by atoms with Gasteiger partial charge in [-0.1, -0.05) is 6.92 Å². The zero-order valence-electron chi connectivity index (χ0n) is 10.4. The van der Waals surface area contributed by atoms with Gasteiger partial charge in [-0.15, -0.1) is 16.9 Å². The van der Waals surface area contributed by atoms with Gasteiger partial charge in [0.2, 0.25) is 0 Å². The van der Waals surface area contributed by atoms with Crippen molar-refractivity contribution in [2.75, 3.05) is 0 Å². The molecule has 2 aromatic heterocycles. The quantitative estimate of drug-likeness (QED) is 0.800. The molecule has 19 heavy (non-hydrogen) atoms. The van der Waals surface area contributed by atoms with Crippen molar-refractivity contribution in [1.29, 1.82) is 0 Å². The summed E-state index contributed by atoms with van der Waals surface area (Å²) in [6.45, 7) is 2.83. The van der Waals surface area contributed by atoms with E-state index in [-0.39, 0.29) is 5.69 Å². The molecule has 100 valence electrons. The minimum absolute atomic E-state index is 0.0400. The first-order valence-electron chi connectivity index (χ1n) is 5.78. The lowest BCUT2D eigenvalue weighted by Crippen LogP contribution is -2.04. The van der Waals surface area contributed by atoms with Crippen LogP contribution in [-0.2, 0) is 12.3 Å². The number of hydrogen-bond acceptors (Lipinski definition) is 6. The maximum Gasteiger partial charge on any atom is 0.354 e. The Morgan fingerprint density at radius 2 is 2.37 bits per heavy atom. The largest absolute Gasteiger partial charge is 0.477 e. The number of carbonyl (C=O) groups is 1. The van der Waals surface area contributed by atoms with Gasteiger partial charge in [0.15, 0.2) is 5.82 Å². The molecule has 2 aromatic rings. The smallest absolute Gasteiger partial charge is 0.354 e.